The molecule has 1 amide bonds. The molecule has 4 rings (SSSR count). The van der Waals surface area contributed by atoms with Crippen LogP contribution in [0.3, 0.4) is 0 Å². The van der Waals surface area contributed by atoms with Gasteiger partial charge < -0.3 is 19.2 Å². The summed E-state index contributed by atoms with van der Waals surface area (Å²) in [5, 5.41) is 9.39. The summed E-state index contributed by atoms with van der Waals surface area (Å²) in [6.45, 7) is 4.22. The third-order valence-corrected chi connectivity index (χ3v) is 4.61. The van der Waals surface area contributed by atoms with Crippen molar-refractivity contribution < 1.29 is 19.1 Å². The smallest absolute Gasteiger partial charge is 0.289 e. The fraction of sp³-hybridized carbons (Fsp3) is 0.368. The summed E-state index contributed by atoms with van der Waals surface area (Å²) in [7, 11) is 0. The first kappa shape index (κ1) is 16.8. The van der Waals surface area contributed by atoms with E-state index < -0.39 is 0 Å². The van der Waals surface area contributed by atoms with E-state index in [2.05, 4.69) is 4.98 Å². The van der Waals surface area contributed by atoms with Gasteiger partial charge in [0, 0.05) is 25.6 Å². The summed E-state index contributed by atoms with van der Waals surface area (Å²) in [6.07, 6.45) is 0.404. The van der Waals surface area contributed by atoms with Crippen molar-refractivity contribution in [3.05, 3.63) is 47.5 Å². The zero-order chi connectivity index (χ0) is 18.1. The fourth-order valence-electron chi connectivity index (χ4n) is 3.29. The van der Waals surface area contributed by atoms with Gasteiger partial charge in [-0.05, 0) is 24.6 Å². The topological polar surface area (TPSA) is 80.7 Å². The molecule has 1 fully saturated rings. The maximum Gasteiger partial charge on any atom is 0.289 e. The number of morpholine rings is 1. The molecular weight excluding hydrogens is 334 g/mol. The molecule has 3 heterocycles. The molecule has 136 valence electrons. The Balaban J connectivity index is 1.74. The number of aromatic nitrogens is 2. The SMILES string of the molecule is Cc1cccc2c1nc(CCO)n2-c1ccc(C(=O)N2CCOCC2)o1. The van der Waals surface area contributed by atoms with Gasteiger partial charge in [0.25, 0.3) is 5.91 Å². The van der Waals surface area contributed by atoms with Crippen LogP contribution in [0.1, 0.15) is 21.9 Å². The first-order chi connectivity index (χ1) is 12.7. The van der Waals surface area contributed by atoms with Crippen molar-refractivity contribution >= 4 is 16.9 Å². The second-order valence-corrected chi connectivity index (χ2v) is 6.32. The number of hydrogen-bond donors (Lipinski definition) is 1. The van der Waals surface area contributed by atoms with Gasteiger partial charge in [-0.1, -0.05) is 12.1 Å². The van der Waals surface area contributed by atoms with Gasteiger partial charge >= 0.3 is 0 Å². The van der Waals surface area contributed by atoms with E-state index in [4.69, 9.17) is 9.15 Å². The van der Waals surface area contributed by atoms with Crippen molar-refractivity contribution in [2.45, 2.75) is 13.3 Å². The molecule has 0 aliphatic carbocycles. The molecule has 7 heteroatoms. The molecule has 1 saturated heterocycles. The number of carbonyl (C=O) groups excluding carboxylic acids is 1. The van der Waals surface area contributed by atoms with E-state index in [0.29, 0.717) is 50.2 Å². The Morgan fingerprint density at radius 2 is 2.04 bits per heavy atom. The zero-order valence-corrected chi connectivity index (χ0v) is 14.6. The predicted molar refractivity (Wildman–Crippen MR) is 95.6 cm³/mol. The van der Waals surface area contributed by atoms with Crippen LogP contribution in [0.15, 0.2) is 34.7 Å². The maximum atomic E-state index is 12.6. The van der Waals surface area contributed by atoms with Crippen LogP contribution in [0.25, 0.3) is 16.9 Å². The summed E-state index contributed by atoms with van der Waals surface area (Å²) >= 11 is 0. The Bertz CT molecular complexity index is 938. The molecule has 0 atom stereocenters. The summed E-state index contributed by atoms with van der Waals surface area (Å²) in [4.78, 5) is 19.0. The predicted octanol–water partition coefficient (Wildman–Crippen LogP) is 1.93. The highest BCUT2D eigenvalue weighted by atomic mass is 16.5. The van der Waals surface area contributed by atoms with Gasteiger partial charge in [-0.2, -0.15) is 0 Å². The standard InChI is InChI=1S/C19H21N3O4/c1-13-3-2-4-14-18(13)20-16(7-10-23)22(14)17-6-5-15(26-17)19(24)21-8-11-25-12-9-21/h2-6,23H,7-12H2,1H3. The molecule has 0 radical (unpaired) electrons. The van der Waals surface area contributed by atoms with Crippen LogP contribution in [0.5, 0.6) is 0 Å². The van der Waals surface area contributed by atoms with Gasteiger partial charge in [-0.3, -0.25) is 9.36 Å². The van der Waals surface area contributed by atoms with Crippen molar-refractivity contribution in [2.75, 3.05) is 32.9 Å². The molecule has 3 aromatic rings. The molecule has 0 unspecified atom stereocenters. The second-order valence-electron chi connectivity index (χ2n) is 6.32. The Kier molecular flexibility index (Phi) is 4.48. The number of para-hydroxylation sites is 1. The van der Waals surface area contributed by atoms with Gasteiger partial charge in [0.15, 0.2) is 5.76 Å². The number of ether oxygens (including phenoxy) is 1. The summed E-state index contributed by atoms with van der Waals surface area (Å²) in [6, 6.07) is 9.39. The summed E-state index contributed by atoms with van der Waals surface area (Å²) in [5.74, 6) is 1.39. The van der Waals surface area contributed by atoms with Gasteiger partial charge in [0.2, 0.25) is 5.88 Å². The lowest BCUT2D eigenvalue weighted by Crippen LogP contribution is -2.40. The third-order valence-electron chi connectivity index (χ3n) is 4.61. The van der Waals surface area contributed by atoms with E-state index in [-0.39, 0.29) is 12.5 Å². The molecule has 0 saturated carbocycles. The number of benzene rings is 1. The monoisotopic (exact) mass is 355 g/mol. The van der Waals surface area contributed by atoms with Crippen LogP contribution < -0.4 is 0 Å². The minimum absolute atomic E-state index is 0.0113. The largest absolute Gasteiger partial charge is 0.435 e. The number of rotatable bonds is 4. The van der Waals surface area contributed by atoms with E-state index in [1.54, 1.807) is 17.0 Å². The molecule has 1 N–H and O–H groups in total. The summed E-state index contributed by atoms with van der Waals surface area (Å²) in [5.41, 5.74) is 2.82. The molecule has 1 aliphatic heterocycles. The number of aryl methyl sites for hydroxylation is 1. The number of aliphatic hydroxyl groups excluding tert-OH is 1. The highest BCUT2D eigenvalue weighted by molar-refractivity contribution is 5.92. The number of hydrogen-bond acceptors (Lipinski definition) is 5. The first-order valence-corrected chi connectivity index (χ1v) is 8.74. The van der Waals surface area contributed by atoms with E-state index in [9.17, 15) is 9.90 Å². The van der Waals surface area contributed by atoms with Gasteiger partial charge in [-0.15, -0.1) is 0 Å². The third kappa shape index (κ3) is 2.89. The highest BCUT2D eigenvalue weighted by Gasteiger charge is 2.23. The lowest BCUT2D eigenvalue weighted by Gasteiger charge is -2.25. The lowest BCUT2D eigenvalue weighted by atomic mass is 10.2. The number of imidazole rings is 1. The van der Waals surface area contributed by atoms with Crippen LogP contribution >= 0.6 is 0 Å². The summed E-state index contributed by atoms with van der Waals surface area (Å²) < 4.78 is 13.0. The van der Waals surface area contributed by atoms with Crippen molar-refractivity contribution in [2.24, 2.45) is 0 Å². The first-order valence-electron chi connectivity index (χ1n) is 8.74. The van der Waals surface area contributed by atoms with Crippen LogP contribution in [0.2, 0.25) is 0 Å². The van der Waals surface area contributed by atoms with Gasteiger partial charge in [0.1, 0.15) is 5.82 Å². The molecule has 0 spiro atoms. The Morgan fingerprint density at radius 1 is 1.23 bits per heavy atom. The van der Waals surface area contributed by atoms with E-state index in [1.807, 2.05) is 29.7 Å². The van der Waals surface area contributed by atoms with E-state index >= 15 is 0 Å². The fourth-order valence-corrected chi connectivity index (χ4v) is 3.29. The van der Waals surface area contributed by atoms with Crippen molar-refractivity contribution in [1.29, 1.82) is 0 Å². The number of nitrogens with zero attached hydrogens (tertiary/aromatic N) is 3. The molecule has 1 aromatic carbocycles. The number of fused-ring (bicyclic) bond motifs is 1. The van der Waals surface area contributed by atoms with Gasteiger partial charge in [-0.25, -0.2) is 4.98 Å². The second kappa shape index (κ2) is 6.93. The van der Waals surface area contributed by atoms with Crippen molar-refractivity contribution in [1.82, 2.24) is 14.5 Å². The zero-order valence-electron chi connectivity index (χ0n) is 14.6. The highest BCUT2D eigenvalue weighted by Crippen LogP contribution is 2.26. The van der Waals surface area contributed by atoms with E-state index in [0.717, 1.165) is 16.6 Å². The average molecular weight is 355 g/mol. The van der Waals surface area contributed by atoms with Crippen LogP contribution in [0, 0.1) is 6.92 Å². The van der Waals surface area contributed by atoms with Crippen LogP contribution in [-0.2, 0) is 11.2 Å². The minimum Gasteiger partial charge on any atom is -0.435 e. The Labute approximate surface area is 150 Å². The van der Waals surface area contributed by atoms with Gasteiger partial charge in [0.05, 0.1) is 30.9 Å². The molecule has 1 aliphatic rings. The maximum absolute atomic E-state index is 12.6. The number of carbonyl (C=O) groups is 1. The number of furan rings is 1. The van der Waals surface area contributed by atoms with Crippen molar-refractivity contribution in [3.8, 4) is 5.88 Å². The quantitative estimate of drug-likeness (QED) is 0.773. The molecular formula is C19H21N3O4. The Morgan fingerprint density at radius 3 is 2.81 bits per heavy atom. The Hall–Kier alpha value is -2.64. The molecule has 0 bridgehead atoms. The molecule has 26 heavy (non-hydrogen) atoms. The van der Waals surface area contributed by atoms with Crippen LogP contribution in [-0.4, -0.2) is 58.4 Å². The molecule has 7 nitrogen and oxygen atoms in total. The van der Waals surface area contributed by atoms with Crippen LogP contribution in [0.4, 0.5) is 0 Å². The normalized spacial score (nSPS) is 14.9. The van der Waals surface area contributed by atoms with Crippen molar-refractivity contribution in [3.63, 3.8) is 0 Å². The number of aliphatic hydroxyl groups is 1. The van der Waals surface area contributed by atoms with E-state index in [1.165, 1.54) is 0 Å². The molecule has 2 aromatic heterocycles. The minimum atomic E-state index is -0.135. The lowest BCUT2D eigenvalue weighted by molar-refractivity contribution is 0.0282. The number of amides is 1. The average Bonchev–Trinajstić information content (AvgIpc) is 3.27.